The maximum Gasteiger partial charge on any atom is 0.340 e. The van der Waals surface area contributed by atoms with E-state index in [4.69, 9.17) is 4.74 Å². The zero-order valence-corrected chi connectivity index (χ0v) is 10.8. The van der Waals surface area contributed by atoms with Gasteiger partial charge in [-0.3, -0.25) is 9.59 Å². The molecule has 0 aliphatic carbocycles. The standard InChI is InChI=1S/C14H14N2O4/c17-12-9-5-1-2-6-10(9)14(19)16(12)15-8-4-3-7-11(15)13(18)20-14/h1-2,5-6,11,19H,3-4,7-8H2/t11-,14+/m1/s1. The number of amides is 1. The van der Waals surface area contributed by atoms with E-state index in [-0.39, 0.29) is 5.91 Å². The molecule has 0 radical (unpaired) electrons. The van der Waals surface area contributed by atoms with Gasteiger partial charge in [0.05, 0.1) is 11.1 Å². The summed E-state index contributed by atoms with van der Waals surface area (Å²) in [5.41, 5.74) is 0.719. The molecule has 1 amide bonds. The number of fused-ring (bicyclic) bond motifs is 5. The number of hydrogen-bond acceptors (Lipinski definition) is 5. The fourth-order valence-corrected chi connectivity index (χ4v) is 3.31. The van der Waals surface area contributed by atoms with E-state index in [0.717, 1.165) is 12.8 Å². The van der Waals surface area contributed by atoms with Gasteiger partial charge in [-0.05, 0) is 31.4 Å². The number of esters is 1. The fourth-order valence-electron chi connectivity index (χ4n) is 3.31. The first-order valence-electron chi connectivity index (χ1n) is 6.79. The van der Waals surface area contributed by atoms with Gasteiger partial charge in [-0.25, -0.2) is 0 Å². The minimum absolute atomic E-state index is 0.317. The van der Waals surface area contributed by atoms with Crippen LogP contribution in [0.15, 0.2) is 24.3 Å². The molecule has 104 valence electrons. The molecule has 3 aliphatic heterocycles. The number of benzene rings is 1. The lowest BCUT2D eigenvalue weighted by Crippen LogP contribution is -2.67. The van der Waals surface area contributed by atoms with Crippen LogP contribution in [0.1, 0.15) is 35.2 Å². The number of hydrazine groups is 1. The van der Waals surface area contributed by atoms with Crippen molar-refractivity contribution in [2.24, 2.45) is 0 Å². The molecule has 0 aromatic heterocycles. The number of rotatable bonds is 0. The van der Waals surface area contributed by atoms with Crippen molar-refractivity contribution in [2.45, 2.75) is 31.2 Å². The first-order valence-corrected chi connectivity index (χ1v) is 6.79. The van der Waals surface area contributed by atoms with Crippen molar-refractivity contribution in [3.05, 3.63) is 35.4 Å². The molecule has 0 saturated carbocycles. The van der Waals surface area contributed by atoms with E-state index >= 15 is 0 Å². The highest BCUT2D eigenvalue weighted by molar-refractivity contribution is 6.00. The molecule has 2 atom stereocenters. The lowest BCUT2D eigenvalue weighted by molar-refractivity contribution is -0.346. The van der Waals surface area contributed by atoms with E-state index in [2.05, 4.69) is 0 Å². The Morgan fingerprint density at radius 1 is 1.25 bits per heavy atom. The van der Waals surface area contributed by atoms with Crippen LogP contribution < -0.4 is 0 Å². The van der Waals surface area contributed by atoms with E-state index in [1.54, 1.807) is 29.3 Å². The van der Waals surface area contributed by atoms with Gasteiger partial charge in [-0.1, -0.05) is 12.1 Å². The van der Waals surface area contributed by atoms with Crippen LogP contribution in [0.5, 0.6) is 0 Å². The summed E-state index contributed by atoms with van der Waals surface area (Å²) < 4.78 is 5.24. The number of nitrogens with zero attached hydrogens (tertiary/aromatic N) is 2. The van der Waals surface area contributed by atoms with Crippen molar-refractivity contribution in [1.29, 1.82) is 0 Å². The summed E-state index contributed by atoms with van der Waals surface area (Å²) >= 11 is 0. The maximum atomic E-state index is 12.5. The third-order valence-electron chi connectivity index (χ3n) is 4.23. The number of carbonyl (C=O) groups excluding carboxylic acids is 2. The minimum atomic E-state index is -1.99. The number of hydrogen-bond donors (Lipinski definition) is 1. The number of piperidine rings is 1. The van der Waals surface area contributed by atoms with Crippen LogP contribution in [-0.4, -0.2) is 39.6 Å². The summed E-state index contributed by atoms with van der Waals surface area (Å²) in [4.78, 5) is 24.7. The SMILES string of the molecule is O=C1O[C@@]2(O)c3ccccc3C(=O)N2N2CCCC[C@H]12. The van der Waals surface area contributed by atoms with Crippen molar-refractivity contribution in [2.75, 3.05) is 6.54 Å². The second-order valence-electron chi connectivity index (χ2n) is 5.37. The smallest absolute Gasteiger partial charge is 0.340 e. The maximum absolute atomic E-state index is 12.5. The van der Waals surface area contributed by atoms with Gasteiger partial charge < -0.3 is 9.84 Å². The van der Waals surface area contributed by atoms with E-state index in [1.807, 2.05) is 0 Å². The number of aliphatic hydroxyl groups is 1. The average molecular weight is 274 g/mol. The van der Waals surface area contributed by atoms with Crippen molar-refractivity contribution >= 4 is 11.9 Å². The van der Waals surface area contributed by atoms with Crippen LogP contribution >= 0.6 is 0 Å². The molecule has 3 aliphatic rings. The van der Waals surface area contributed by atoms with Crippen LogP contribution in [0.25, 0.3) is 0 Å². The molecule has 4 rings (SSSR count). The molecule has 20 heavy (non-hydrogen) atoms. The Hall–Kier alpha value is -1.92. The van der Waals surface area contributed by atoms with Crippen LogP contribution in [0.3, 0.4) is 0 Å². The Labute approximate surface area is 115 Å². The lowest BCUT2D eigenvalue weighted by Gasteiger charge is -2.49. The minimum Gasteiger partial charge on any atom is -0.407 e. The highest BCUT2D eigenvalue weighted by atomic mass is 16.7. The van der Waals surface area contributed by atoms with E-state index in [0.29, 0.717) is 24.1 Å². The molecule has 6 heteroatoms. The van der Waals surface area contributed by atoms with E-state index in [1.165, 1.54) is 5.01 Å². The normalized spacial score (nSPS) is 32.5. The van der Waals surface area contributed by atoms with E-state index < -0.39 is 17.9 Å². The first-order chi connectivity index (χ1) is 9.63. The molecule has 6 nitrogen and oxygen atoms in total. The number of ether oxygens (including phenoxy) is 1. The second kappa shape index (κ2) is 3.80. The van der Waals surface area contributed by atoms with Gasteiger partial charge in [0.25, 0.3) is 5.91 Å². The molecule has 1 N–H and O–H groups in total. The van der Waals surface area contributed by atoms with Crippen molar-refractivity contribution < 1.29 is 19.4 Å². The molecule has 0 bridgehead atoms. The van der Waals surface area contributed by atoms with Crippen LogP contribution in [0, 0.1) is 0 Å². The van der Waals surface area contributed by atoms with E-state index in [9.17, 15) is 14.7 Å². The van der Waals surface area contributed by atoms with Gasteiger partial charge in [0.15, 0.2) is 0 Å². The van der Waals surface area contributed by atoms with Gasteiger partial charge in [-0.15, -0.1) is 0 Å². The quantitative estimate of drug-likeness (QED) is 0.700. The fraction of sp³-hybridized carbons (Fsp3) is 0.429. The number of carbonyl (C=O) groups is 2. The van der Waals surface area contributed by atoms with Gasteiger partial charge in [0, 0.05) is 6.54 Å². The zero-order valence-electron chi connectivity index (χ0n) is 10.8. The van der Waals surface area contributed by atoms with Gasteiger partial charge >= 0.3 is 11.9 Å². The summed E-state index contributed by atoms with van der Waals surface area (Å²) in [7, 11) is 0. The zero-order chi connectivity index (χ0) is 13.9. The largest absolute Gasteiger partial charge is 0.407 e. The molecule has 3 heterocycles. The Kier molecular flexibility index (Phi) is 2.26. The highest BCUT2D eigenvalue weighted by Gasteiger charge is 2.60. The van der Waals surface area contributed by atoms with Gasteiger partial charge in [0.2, 0.25) is 0 Å². The molecule has 1 aromatic carbocycles. The summed E-state index contributed by atoms with van der Waals surface area (Å²) in [5, 5.41) is 13.6. The third kappa shape index (κ3) is 1.30. The molecule has 2 fully saturated rings. The summed E-state index contributed by atoms with van der Waals surface area (Å²) in [6.07, 6.45) is 2.46. The molecule has 0 spiro atoms. The van der Waals surface area contributed by atoms with Crippen molar-refractivity contribution in [3.63, 3.8) is 0 Å². The van der Waals surface area contributed by atoms with Gasteiger partial charge in [0.1, 0.15) is 6.04 Å². The lowest BCUT2D eigenvalue weighted by atomic mass is 10.0. The molecule has 0 unspecified atom stereocenters. The van der Waals surface area contributed by atoms with Crippen LogP contribution in [0.2, 0.25) is 0 Å². The average Bonchev–Trinajstić information content (AvgIpc) is 2.68. The predicted octanol–water partition coefficient (Wildman–Crippen LogP) is 0.571. The highest BCUT2D eigenvalue weighted by Crippen LogP contribution is 2.44. The van der Waals surface area contributed by atoms with Crippen LogP contribution in [-0.2, 0) is 15.4 Å². The Morgan fingerprint density at radius 3 is 2.90 bits per heavy atom. The summed E-state index contributed by atoms with van der Waals surface area (Å²) in [6.45, 7) is 0.571. The third-order valence-corrected chi connectivity index (χ3v) is 4.23. The summed E-state index contributed by atoms with van der Waals surface area (Å²) in [5.74, 6) is -2.77. The first kappa shape index (κ1) is 11.9. The summed E-state index contributed by atoms with van der Waals surface area (Å²) in [6, 6.07) is 6.23. The Bertz CT molecular complexity index is 617. The predicted molar refractivity (Wildman–Crippen MR) is 66.9 cm³/mol. The molecule has 1 aromatic rings. The topological polar surface area (TPSA) is 70.1 Å². The Morgan fingerprint density at radius 2 is 2.05 bits per heavy atom. The Balaban J connectivity index is 1.87. The second-order valence-corrected chi connectivity index (χ2v) is 5.37. The van der Waals surface area contributed by atoms with Crippen molar-refractivity contribution in [3.8, 4) is 0 Å². The van der Waals surface area contributed by atoms with Gasteiger partial charge in [-0.2, -0.15) is 10.0 Å². The molecular weight excluding hydrogens is 260 g/mol. The molecular formula is C14H14N2O4. The monoisotopic (exact) mass is 274 g/mol. The van der Waals surface area contributed by atoms with Crippen molar-refractivity contribution in [1.82, 2.24) is 10.0 Å². The van der Waals surface area contributed by atoms with Crippen LogP contribution in [0.4, 0.5) is 0 Å². The molecule has 2 saturated heterocycles.